The Labute approximate surface area is 178 Å². The van der Waals surface area contributed by atoms with Gasteiger partial charge in [-0.05, 0) is 85.0 Å². The van der Waals surface area contributed by atoms with Gasteiger partial charge in [0.15, 0.2) is 0 Å². The van der Waals surface area contributed by atoms with Crippen LogP contribution >= 0.6 is 0 Å². The molecule has 1 aliphatic heterocycles. The van der Waals surface area contributed by atoms with Crippen molar-refractivity contribution in [3.63, 3.8) is 0 Å². The summed E-state index contributed by atoms with van der Waals surface area (Å²) in [6.45, 7) is 1.98. The smallest absolute Gasteiger partial charge is 0.303 e. The molecule has 0 amide bonds. The Hall–Kier alpha value is -2.46. The summed E-state index contributed by atoms with van der Waals surface area (Å²) in [5.41, 5.74) is 6.00. The zero-order valence-electron chi connectivity index (χ0n) is 17.4. The van der Waals surface area contributed by atoms with Crippen molar-refractivity contribution >= 4 is 11.5 Å². The van der Waals surface area contributed by atoms with Crippen LogP contribution in [-0.2, 0) is 17.6 Å². The van der Waals surface area contributed by atoms with Crippen molar-refractivity contribution in [3.8, 4) is 0 Å². The number of aryl methyl sites for hydroxylation is 2. The van der Waals surface area contributed by atoms with E-state index in [0.29, 0.717) is 6.04 Å². The van der Waals surface area contributed by atoms with E-state index in [-0.39, 0.29) is 12.2 Å². The average molecular weight is 408 g/mol. The van der Waals surface area contributed by atoms with E-state index in [4.69, 9.17) is 5.11 Å². The summed E-state index contributed by atoms with van der Waals surface area (Å²) >= 11 is 0. The van der Waals surface area contributed by atoms with E-state index >= 15 is 0 Å². The fraction of sp³-hybridized carbons (Fsp3) is 0.423. The number of likely N-dealkylation sites (tertiary alicyclic amines) is 1. The first kappa shape index (κ1) is 20.8. The third kappa shape index (κ3) is 4.81. The van der Waals surface area contributed by atoms with Crippen molar-refractivity contribution in [2.24, 2.45) is 0 Å². The van der Waals surface area contributed by atoms with Gasteiger partial charge in [0, 0.05) is 19.0 Å². The summed E-state index contributed by atoms with van der Waals surface area (Å²) in [5, 5.41) is 9.05. The summed E-state index contributed by atoms with van der Waals surface area (Å²) in [6.07, 6.45) is 9.44. The summed E-state index contributed by atoms with van der Waals surface area (Å²) in [4.78, 5) is 13.5. The molecule has 1 saturated heterocycles. The largest absolute Gasteiger partial charge is 0.481 e. The Morgan fingerprint density at radius 2 is 1.90 bits per heavy atom. The van der Waals surface area contributed by atoms with Crippen molar-refractivity contribution in [3.05, 3.63) is 76.6 Å². The normalized spacial score (nSPS) is 20.4. The molecule has 1 unspecified atom stereocenters. The first-order valence-corrected chi connectivity index (χ1v) is 11.1. The van der Waals surface area contributed by atoms with Crippen molar-refractivity contribution < 1.29 is 14.3 Å². The van der Waals surface area contributed by atoms with E-state index in [1.807, 2.05) is 6.07 Å². The van der Waals surface area contributed by atoms with Crippen LogP contribution in [0.2, 0.25) is 0 Å². The van der Waals surface area contributed by atoms with E-state index in [0.717, 1.165) is 56.3 Å². The van der Waals surface area contributed by atoms with Crippen LogP contribution in [0.4, 0.5) is 4.39 Å². The minimum atomic E-state index is -0.707. The van der Waals surface area contributed by atoms with Gasteiger partial charge in [0.2, 0.25) is 0 Å². The SMILES string of the molecule is O=C(O)CCC1CCCCN1CCC=C1c2ccccc2CCc2cc(F)ccc21. The molecule has 2 aromatic carbocycles. The molecular formula is C26H30FNO2. The van der Waals surface area contributed by atoms with Gasteiger partial charge in [-0.2, -0.15) is 0 Å². The van der Waals surface area contributed by atoms with Crippen LogP contribution in [-0.4, -0.2) is 35.1 Å². The van der Waals surface area contributed by atoms with Crippen molar-refractivity contribution in [1.29, 1.82) is 0 Å². The number of piperidine rings is 1. The molecule has 3 nitrogen and oxygen atoms in total. The van der Waals surface area contributed by atoms with E-state index < -0.39 is 5.97 Å². The van der Waals surface area contributed by atoms with Gasteiger partial charge in [0.1, 0.15) is 5.82 Å². The van der Waals surface area contributed by atoms with Gasteiger partial charge in [-0.1, -0.05) is 42.8 Å². The molecule has 1 aliphatic carbocycles. The highest BCUT2D eigenvalue weighted by Crippen LogP contribution is 2.34. The molecule has 0 spiro atoms. The molecule has 1 heterocycles. The molecule has 0 radical (unpaired) electrons. The Bertz CT molecular complexity index is 936. The van der Waals surface area contributed by atoms with Gasteiger partial charge in [-0.15, -0.1) is 0 Å². The first-order valence-electron chi connectivity index (χ1n) is 11.1. The van der Waals surface area contributed by atoms with E-state index in [1.54, 1.807) is 12.1 Å². The predicted octanol–water partition coefficient (Wildman–Crippen LogP) is 5.47. The van der Waals surface area contributed by atoms with Crippen LogP contribution in [0.3, 0.4) is 0 Å². The lowest BCUT2D eigenvalue weighted by Crippen LogP contribution is -2.40. The molecule has 2 aromatic rings. The van der Waals surface area contributed by atoms with E-state index in [9.17, 15) is 9.18 Å². The quantitative estimate of drug-likeness (QED) is 0.691. The maximum Gasteiger partial charge on any atom is 0.303 e. The van der Waals surface area contributed by atoms with Crippen LogP contribution in [0.25, 0.3) is 5.57 Å². The Balaban J connectivity index is 1.56. The minimum absolute atomic E-state index is 0.173. The topological polar surface area (TPSA) is 40.5 Å². The monoisotopic (exact) mass is 407 g/mol. The lowest BCUT2D eigenvalue weighted by molar-refractivity contribution is -0.137. The zero-order chi connectivity index (χ0) is 20.9. The lowest BCUT2D eigenvalue weighted by Gasteiger charge is -2.35. The summed E-state index contributed by atoms with van der Waals surface area (Å²) in [6, 6.07) is 14.1. The van der Waals surface area contributed by atoms with E-state index in [1.165, 1.54) is 29.5 Å². The molecule has 0 saturated carbocycles. The second-order valence-corrected chi connectivity index (χ2v) is 8.48. The van der Waals surface area contributed by atoms with Crippen LogP contribution in [0.5, 0.6) is 0 Å². The molecule has 0 bridgehead atoms. The number of hydrogen-bond donors (Lipinski definition) is 1. The second-order valence-electron chi connectivity index (χ2n) is 8.48. The first-order chi connectivity index (χ1) is 14.6. The molecular weight excluding hydrogens is 377 g/mol. The van der Waals surface area contributed by atoms with Gasteiger partial charge >= 0.3 is 5.97 Å². The molecule has 30 heavy (non-hydrogen) atoms. The lowest BCUT2D eigenvalue weighted by atomic mass is 9.93. The van der Waals surface area contributed by atoms with Crippen molar-refractivity contribution in [1.82, 2.24) is 4.90 Å². The Morgan fingerprint density at radius 3 is 2.77 bits per heavy atom. The molecule has 2 aliphatic rings. The number of nitrogens with zero attached hydrogens (tertiary/aromatic N) is 1. The maximum atomic E-state index is 13.9. The van der Waals surface area contributed by atoms with Gasteiger partial charge < -0.3 is 10.0 Å². The number of hydrogen-bond acceptors (Lipinski definition) is 2. The molecule has 1 N–H and O–H groups in total. The number of carboxylic acids is 1. The van der Waals surface area contributed by atoms with Crippen LogP contribution in [0.1, 0.15) is 60.8 Å². The molecule has 4 rings (SSSR count). The zero-order valence-corrected chi connectivity index (χ0v) is 17.4. The molecule has 0 aromatic heterocycles. The van der Waals surface area contributed by atoms with Gasteiger partial charge in [-0.3, -0.25) is 4.79 Å². The number of fused-ring (bicyclic) bond motifs is 2. The number of aliphatic carboxylic acids is 1. The van der Waals surface area contributed by atoms with Crippen LogP contribution in [0.15, 0.2) is 48.5 Å². The molecule has 1 fully saturated rings. The summed E-state index contributed by atoms with van der Waals surface area (Å²) in [5.74, 6) is -0.879. The van der Waals surface area contributed by atoms with E-state index in [2.05, 4.69) is 35.2 Å². The number of carbonyl (C=O) groups is 1. The minimum Gasteiger partial charge on any atom is -0.481 e. The molecule has 1 atom stereocenters. The standard InChI is InChI=1S/C26H30FNO2/c27-21-12-14-24-20(18-21)11-10-19-6-1-2-8-23(19)25(24)9-5-17-28-16-4-3-7-22(28)13-15-26(29)30/h1-2,6,8-9,12,14,18,22H,3-5,7,10-11,13,15-17H2,(H,29,30). The number of rotatable bonds is 6. The summed E-state index contributed by atoms with van der Waals surface area (Å²) < 4.78 is 13.9. The average Bonchev–Trinajstić information content (AvgIpc) is 2.90. The highest BCUT2D eigenvalue weighted by atomic mass is 19.1. The van der Waals surface area contributed by atoms with Gasteiger partial charge in [-0.25, -0.2) is 4.39 Å². The molecule has 4 heteroatoms. The Kier molecular flexibility index (Phi) is 6.63. The van der Waals surface area contributed by atoms with Crippen LogP contribution in [0, 0.1) is 5.82 Å². The van der Waals surface area contributed by atoms with Gasteiger partial charge in [0.05, 0.1) is 0 Å². The van der Waals surface area contributed by atoms with Crippen molar-refractivity contribution in [2.75, 3.05) is 13.1 Å². The highest BCUT2D eigenvalue weighted by Gasteiger charge is 2.23. The van der Waals surface area contributed by atoms with Gasteiger partial charge in [0.25, 0.3) is 0 Å². The number of halogens is 1. The number of carboxylic acid groups (broad SMARTS) is 1. The molecule has 158 valence electrons. The third-order valence-corrected chi connectivity index (χ3v) is 6.53. The predicted molar refractivity (Wildman–Crippen MR) is 118 cm³/mol. The number of benzene rings is 2. The fourth-order valence-corrected chi connectivity index (χ4v) is 5.01. The second kappa shape index (κ2) is 9.57. The fourth-order valence-electron chi connectivity index (χ4n) is 5.01. The highest BCUT2D eigenvalue weighted by molar-refractivity contribution is 5.83. The summed E-state index contributed by atoms with van der Waals surface area (Å²) in [7, 11) is 0. The maximum absolute atomic E-state index is 13.9. The Morgan fingerprint density at radius 1 is 1.10 bits per heavy atom. The third-order valence-electron chi connectivity index (χ3n) is 6.53. The van der Waals surface area contributed by atoms with Crippen LogP contribution < -0.4 is 0 Å². The van der Waals surface area contributed by atoms with Crippen molar-refractivity contribution in [2.45, 2.75) is 57.4 Å².